The summed E-state index contributed by atoms with van der Waals surface area (Å²) in [5, 5.41) is 8.97. The van der Waals surface area contributed by atoms with Gasteiger partial charge >= 0.3 is 0 Å². The molecule has 0 fully saturated rings. The van der Waals surface area contributed by atoms with Gasteiger partial charge in [-0.05, 0) is 38.0 Å². The number of nitrogens with one attached hydrogen (secondary N) is 3. The first-order valence-corrected chi connectivity index (χ1v) is 10.9. The Balaban J connectivity index is 0.00000729. The van der Waals surface area contributed by atoms with Crippen LogP contribution in [0.4, 0.5) is 0 Å². The van der Waals surface area contributed by atoms with Crippen LogP contribution in [0.3, 0.4) is 0 Å². The molecule has 1 amide bonds. The minimum atomic E-state index is -3.00. The Morgan fingerprint density at radius 2 is 1.86 bits per heavy atom. The third-order valence-electron chi connectivity index (χ3n) is 3.68. The minimum Gasteiger partial charge on any atom is -0.497 e. The molecule has 28 heavy (non-hydrogen) atoms. The van der Waals surface area contributed by atoms with Crippen LogP contribution in [0.1, 0.15) is 25.8 Å². The molecule has 3 N–H and O–H groups in total. The van der Waals surface area contributed by atoms with Crippen molar-refractivity contribution < 1.29 is 17.9 Å². The third-order valence-corrected chi connectivity index (χ3v) is 4.66. The van der Waals surface area contributed by atoms with E-state index < -0.39 is 9.84 Å². The predicted molar refractivity (Wildman–Crippen MR) is 123 cm³/mol. The van der Waals surface area contributed by atoms with Crippen LogP contribution in [-0.2, 0) is 21.2 Å². The first-order valence-electron chi connectivity index (χ1n) is 8.85. The molecule has 0 aliphatic carbocycles. The maximum Gasteiger partial charge on any atom is 0.242 e. The van der Waals surface area contributed by atoms with E-state index in [0.717, 1.165) is 11.3 Å². The maximum absolute atomic E-state index is 12.0. The van der Waals surface area contributed by atoms with Gasteiger partial charge in [-0.25, -0.2) is 13.4 Å². The SMILES string of the molecule is CCNC(=NCC(=O)NCc1ccc(OC)cc1)NC(C)CCS(C)(=O)=O.I. The van der Waals surface area contributed by atoms with Crippen LogP contribution in [0.25, 0.3) is 0 Å². The molecule has 8 nitrogen and oxygen atoms in total. The Morgan fingerprint density at radius 3 is 2.39 bits per heavy atom. The molecular formula is C18H31IN4O4S. The first-order chi connectivity index (χ1) is 12.7. The molecular weight excluding hydrogens is 495 g/mol. The van der Waals surface area contributed by atoms with E-state index in [4.69, 9.17) is 4.74 Å². The number of sulfone groups is 1. The lowest BCUT2D eigenvalue weighted by Crippen LogP contribution is -2.43. The molecule has 0 spiro atoms. The number of methoxy groups -OCH3 is 1. The van der Waals surface area contributed by atoms with E-state index >= 15 is 0 Å². The van der Waals surface area contributed by atoms with Crippen LogP contribution in [-0.4, -0.2) is 58.5 Å². The molecule has 0 bridgehead atoms. The normalized spacial score (nSPS) is 12.5. The molecule has 1 unspecified atom stereocenters. The lowest BCUT2D eigenvalue weighted by molar-refractivity contribution is -0.119. The van der Waals surface area contributed by atoms with E-state index in [9.17, 15) is 13.2 Å². The van der Waals surface area contributed by atoms with Crippen molar-refractivity contribution >= 4 is 45.7 Å². The molecule has 0 aliphatic rings. The summed E-state index contributed by atoms with van der Waals surface area (Å²) < 4.78 is 27.6. The van der Waals surface area contributed by atoms with Gasteiger partial charge in [0.2, 0.25) is 5.91 Å². The maximum atomic E-state index is 12.0. The van der Waals surface area contributed by atoms with Crippen molar-refractivity contribution in [2.75, 3.05) is 32.2 Å². The number of amides is 1. The number of guanidine groups is 1. The second-order valence-corrected chi connectivity index (χ2v) is 8.54. The topological polar surface area (TPSA) is 109 Å². The highest BCUT2D eigenvalue weighted by atomic mass is 127. The highest BCUT2D eigenvalue weighted by Crippen LogP contribution is 2.10. The van der Waals surface area contributed by atoms with E-state index in [2.05, 4.69) is 20.9 Å². The molecule has 0 saturated heterocycles. The standard InChI is InChI=1S/C18H30N4O4S.HI/c1-5-19-18(22-14(2)10-11-27(4,24)25)21-13-17(23)20-12-15-6-8-16(26-3)9-7-15;/h6-9,14H,5,10-13H2,1-4H3,(H,20,23)(H2,19,21,22);1H. The number of hydrogen-bond donors (Lipinski definition) is 3. The zero-order valence-corrected chi connectivity index (χ0v) is 20.0. The van der Waals surface area contributed by atoms with Crippen molar-refractivity contribution in [3.05, 3.63) is 29.8 Å². The molecule has 0 heterocycles. The Morgan fingerprint density at radius 1 is 1.21 bits per heavy atom. The summed E-state index contributed by atoms with van der Waals surface area (Å²) in [6.07, 6.45) is 1.68. The summed E-state index contributed by atoms with van der Waals surface area (Å²) in [6.45, 7) is 4.82. The molecule has 0 radical (unpaired) electrons. The van der Waals surface area contributed by atoms with Crippen molar-refractivity contribution in [2.45, 2.75) is 32.9 Å². The van der Waals surface area contributed by atoms with Crippen LogP contribution in [0.2, 0.25) is 0 Å². The number of benzene rings is 1. The van der Waals surface area contributed by atoms with Crippen molar-refractivity contribution in [3.8, 4) is 5.75 Å². The summed E-state index contributed by atoms with van der Waals surface area (Å²) in [7, 11) is -1.40. The molecule has 1 atom stereocenters. The lowest BCUT2D eigenvalue weighted by atomic mass is 10.2. The molecule has 10 heteroatoms. The Labute approximate surface area is 184 Å². The number of aliphatic imine (C=N–C) groups is 1. The summed E-state index contributed by atoms with van der Waals surface area (Å²) in [5.41, 5.74) is 0.965. The molecule has 1 rings (SSSR count). The number of ether oxygens (including phenoxy) is 1. The Hall–Kier alpha value is -1.56. The van der Waals surface area contributed by atoms with Crippen molar-refractivity contribution in [1.29, 1.82) is 0 Å². The number of nitrogens with zero attached hydrogens (tertiary/aromatic N) is 1. The largest absolute Gasteiger partial charge is 0.497 e. The Bertz CT molecular complexity index is 724. The number of carbonyl (C=O) groups is 1. The summed E-state index contributed by atoms with van der Waals surface area (Å²) in [5.74, 6) is 1.15. The summed E-state index contributed by atoms with van der Waals surface area (Å²) in [4.78, 5) is 16.3. The van der Waals surface area contributed by atoms with Gasteiger partial charge in [0.05, 0.1) is 12.9 Å². The van der Waals surface area contributed by atoms with E-state index in [0.29, 0.717) is 25.5 Å². The van der Waals surface area contributed by atoms with Crippen LogP contribution < -0.4 is 20.7 Å². The second-order valence-electron chi connectivity index (χ2n) is 6.28. The Kier molecular flexibility index (Phi) is 12.8. The van der Waals surface area contributed by atoms with Crippen molar-refractivity contribution in [3.63, 3.8) is 0 Å². The predicted octanol–water partition coefficient (Wildman–Crippen LogP) is 1.31. The average molecular weight is 526 g/mol. The fourth-order valence-electron chi connectivity index (χ4n) is 2.17. The minimum absolute atomic E-state index is 0. The third kappa shape index (κ3) is 12.0. The number of carbonyl (C=O) groups excluding carboxylic acids is 1. The van der Waals surface area contributed by atoms with Crippen molar-refractivity contribution in [2.24, 2.45) is 4.99 Å². The lowest BCUT2D eigenvalue weighted by Gasteiger charge is -2.17. The molecule has 1 aromatic rings. The van der Waals surface area contributed by atoms with Crippen LogP contribution >= 0.6 is 24.0 Å². The van der Waals surface area contributed by atoms with E-state index in [1.54, 1.807) is 7.11 Å². The van der Waals surface area contributed by atoms with Crippen LogP contribution in [0.5, 0.6) is 5.75 Å². The smallest absolute Gasteiger partial charge is 0.242 e. The zero-order valence-electron chi connectivity index (χ0n) is 16.8. The number of halogens is 1. The van der Waals surface area contributed by atoms with E-state index in [-0.39, 0.29) is 48.2 Å². The van der Waals surface area contributed by atoms with Gasteiger partial charge < -0.3 is 20.7 Å². The van der Waals surface area contributed by atoms with Crippen LogP contribution in [0.15, 0.2) is 29.3 Å². The fourth-order valence-corrected chi connectivity index (χ4v) is 2.95. The van der Waals surface area contributed by atoms with Gasteiger partial charge in [0.1, 0.15) is 22.1 Å². The van der Waals surface area contributed by atoms with E-state index in [1.165, 1.54) is 6.26 Å². The van der Waals surface area contributed by atoms with Gasteiger partial charge in [0.25, 0.3) is 0 Å². The molecule has 160 valence electrons. The van der Waals surface area contributed by atoms with Crippen molar-refractivity contribution in [1.82, 2.24) is 16.0 Å². The number of hydrogen-bond acceptors (Lipinski definition) is 5. The number of rotatable bonds is 10. The molecule has 1 aromatic carbocycles. The second kappa shape index (κ2) is 13.6. The quantitative estimate of drug-likeness (QED) is 0.241. The summed E-state index contributed by atoms with van der Waals surface area (Å²) >= 11 is 0. The summed E-state index contributed by atoms with van der Waals surface area (Å²) in [6, 6.07) is 7.37. The fraction of sp³-hybridized carbons (Fsp3) is 0.556. The van der Waals surface area contributed by atoms with Gasteiger partial charge in [0, 0.05) is 25.4 Å². The molecule has 0 aromatic heterocycles. The molecule has 0 saturated carbocycles. The molecule has 0 aliphatic heterocycles. The van der Waals surface area contributed by atoms with Gasteiger partial charge in [-0.15, -0.1) is 24.0 Å². The monoisotopic (exact) mass is 526 g/mol. The van der Waals surface area contributed by atoms with Gasteiger partial charge in [-0.2, -0.15) is 0 Å². The van der Waals surface area contributed by atoms with Gasteiger partial charge in [0.15, 0.2) is 5.96 Å². The van der Waals surface area contributed by atoms with Crippen LogP contribution in [0, 0.1) is 0 Å². The van der Waals surface area contributed by atoms with E-state index in [1.807, 2.05) is 38.1 Å². The van der Waals surface area contributed by atoms with Gasteiger partial charge in [-0.1, -0.05) is 12.1 Å². The zero-order chi connectivity index (χ0) is 20.3. The van der Waals surface area contributed by atoms with Gasteiger partial charge in [-0.3, -0.25) is 4.79 Å². The highest BCUT2D eigenvalue weighted by molar-refractivity contribution is 14.0. The average Bonchev–Trinajstić information content (AvgIpc) is 2.63. The highest BCUT2D eigenvalue weighted by Gasteiger charge is 2.10. The first kappa shape index (κ1) is 26.4.